The highest BCUT2D eigenvalue weighted by atomic mass is 35.5. The van der Waals surface area contributed by atoms with Crippen LogP contribution >= 0.6 is 19.2 Å². The number of rotatable bonds is 8. The predicted octanol–water partition coefficient (Wildman–Crippen LogP) is 2.31. The average molecular weight is 535 g/mol. The van der Waals surface area contributed by atoms with Crippen LogP contribution in [0.25, 0.3) is 11.0 Å². The van der Waals surface area contributed by atoms with Crippen LogP contribution in [0.1, 0.15) is 24.8 Å². The molecule has 35 heavy (non-hydrogen) atoms. The molecule has 0 bridgehead atoms. The van der Waals surface area contributed by atoms with Gasteiger partial charge in [0.05, 0.1) is 18.0 Å². The highest BCUT2D eigenvalue weighted by Crippen LogP contribution is 2.37. The maximum Gasteiger partial charge on any atom is 0.350 e. The molecule has 4 rings (SSSR count). The van der Waals surface area contributed by atoms with E-state index in [9.17, 15) is 23.6 Å². The highest BCUT2D eigenvalue weighted by molar-refractivity contribution is 7.51. The lowest BCUT2D eigenvalue weighted by Gasteiger charge is -2.19. The van der Waals surface area contributed by atoms with E-state index in [-0.39, 0.29) is 28.9 Å². The SMILES string of the molecule is C[C@H](Nc1nc(Cl)nc2c1ccn2[C@@H]1O[C@H](COCP(=O)(O)O)[C@@H](O)[C@H]1O)c1ccc(F)cc1F. The van der Waals surface area contributed by atoms with Gasteiger partial charge in [-0.3, -0.25) is 4.57 Å². The second-order valence-corrected chi connectivity index (χ2v) is 9.97. The topological polar surface area (TPSA) is 159 Å². The van der Waals surface area contributed by atoms with E-state index >= 15 is 0 Å². The summed E-state index contributed by atoms with van der Waals surface area (Å²) in [6, 6.07) is 4.20. The summed E-state index contributed by atoms with van der Waals surface area (Å²) in [4.78, 5) is 26.1. The van der Waals surface area contributed by atoms with E-state index in [4.69, 9.17) is 30.9 Å². The Kier molecular flexibility index (Phi) is 7.41. The van der Waals surface area contributed by atoms with Gasteiger partial charge in [0, 0.05) is 17.8 Å². The Balaban J connectivity index is 1.58. The van der Waals surface area contributed by atoms with Crippen molar-refractivity contribution in [1.29, 1.82) is 0 Å². The minimum absolute atomic E-state index is 0.165. The van der Waals surface area contributed by atoms with Crippen molar-refractivity contribution in [3.63, 3.8) is 0 Å². The molecular weight excluding hydrogens is 513 g/mol. The van der Waals surface area contributed by atoms with Gasteiger partial charge in [0.2, 0.25) is 5.28 Å². The molecule has 190 valence electrons. The zero-order chi connectivity index (χ0) is 25.5. The van der Waals surface area contributed by atoms with Gasteiger partial charge < -0.3 is 39.4 Å². The first-order valence-corrected chi connectivity index (χ1v) is 12.5. The second kappa shape index (κ2) is 10.0. The van der Waals surface area contributed by atoms with Gasteiger partial charge in [-0.05, 0) is 30.7 Å². The van der Waals surface area contributed by atoms with Crippen molar-refractivity contribution in [1.82, 2.24) is 14.5 Å². The van der Waals surface area contributed by atoms with Crippen molar-refractivity contribution in [2.75, 3.05) is 18.3 Å². The molecular formula is C20H22ClF2N4O7P. The number of hydrogen-bond acceptors (Lipinski definition) is 8. The normalized spacial score (nSPS) is 23.7. The first-order chi connectivity index (χ1) is 16.4. The van der Waals surface area contributed by atoms with E-state index in [0.29, 0.717) is 5.39 Å². The number of aliphatic hydroxyl groups excluding tert-OH is 2. The number of nitrogens with zero attached hydrogens (tertiary/aromatic N) is 3. The summed E-state index contributed by atoms with van der Waals surface area (Å²) in [5, 5.41) is 24.2. The molecule has 1 saturated heterocycles. The Hall–Kier alpha value is -2.22. The molecule has 1 aliphatic heterocycles. The molecule has 3 heterocycles. The van der Waals surface area contributed by atoms with E-state index in [1.807, 2.05) is 0 Å². The lowest BCUT2D eigenvalue weighted by Crippen LogP contribution is -2.33. The summed E-state index contributed by atoms with van der Waals surface area (Å²) in [5.74, 6) is -1.20. The van der Waals surface area contributed by atoms with Crippen molar-refractivity contribution < 1.29 is 42.8 Å². The maximum absolute atomic E-state index is 14.2. The summed E-state index contributed by atoms with van der Waals surface area (Å²) in [5.41, 5.74) is 0.428. The van der Waals surface area contributed by atoms with Gasteiger partial charge in [0.25, 0.3) is 0 Å². The molecule has 0 unspecified atom stereocenters. The van der Waals surface area contributed by atoms with Gasteiger partial charge >= 0.3 is 7.60 Å². The van der Waals surface area contributed by atoms with Gasteiger partial charge in [0.1, 0.15) is 47.8 Å². The van der Waals surface area contributed by atoms with Gasteiger partial charge in [0.15, 0.2) is 6.23 Å². The van der Waals surface area contributed by atoms with Crippen molar-refractivity contribution in [3.05, 3.63) is 52.9 Å². The lowest BCUT2D eigenvalue weighted by molar-refractivity contribution is -0.0610. The Bertz CT molecular complexity index is 1280. The quantitative estimate of drug-likeness (QED) is 0.214. The van der Waals surface area contributed by atoms with Crippen molar-refractivity contribution in [2.24, 2.45) is 0 Å². The summed E-state index contributed by atoms with van der Waals surface area (Å²) in [7, 11) is -4.41. The fourth-order valence-electron chi connectivity index (χ4n) is 3.84. The largest absolute Gasteiger partial charge is 0.387 e. The van der Waals surface area contributed by atoms with E-state index in [1.165, 1.54) is 16.8 Å². The summed E-state index contributed by atoms with van der Waals surface area (Å²) < 4.78 is 50.4. The molecule has 0 radical (unpaired) electrons. The maximum atomic E-state index is 14.2. The number of nitrogens with one attached hydrogen (secondary N) is 1. The van der Waals surface area contributed by atoms with Crippen molar-refractivity contribution in [3.8, 4) is 0 Å². The Labute approximate surface area is 202 Å². The Morgan fingerprint density at radius 2 is 2.00 bits per heavy atom. The molecule has 11 nitrogen and oxygen atoms in total. The van der Waals surface area contributed by atoms with Crippen molar-refractivity contribution in [2.45, 2.75) is 37.5 Å². The summed E-state index contributed by atoms with van der Waals surface area (Å²) in [6.45, 7) is 1.28. The molecule has 1 fully saturated rings. The molecule has 1 aromatic carbocycles. The average Bonchev–Trinajstić information content (AvgIpc) is 3.29. The van der Waals surface area contributed by atoms with Gasteiger partial charge in [-0.25, -0.2) is 13.8 Å². The molecule has 0 spiro atoms. The van der Waals surface area contributed by atoms with E-state index in [1.54, 1.807) is 13.0 Å². The smallest absolute Gasteiger partial charge is 0.350 e. The number of hydrogen-bond donors (Lipinski definition) is 5. The van der Waals surface area contributed by atoms with Gasteiger partial charge in [-0.2, -0.15) is 4.98 Å². The third-order valence-corrected chi connectivity index (χ3v) is 6.17. The van der Waals surface area contributed by atoms with Gasteiger partial charge in [-0.15, -0.1) is 0 Å². The van der Waals surface area contributed by atoms with Crippen LogP contribution < -0.4 is 5.32 Å². The Morgan fingerprint density at radius 1 is 1.26 bits per heavy atom. The zero-order valence-electron chi connectivity index (χ0n) is 18.1. The van der Waals surface area contributed by atoms with Crippen molar-refractivity contribution >= 4 is 36.0 Å². The van der Waals surface area contributed by atoms with E-state index < -0.39 is 56.2 Å². The number of anilines is 1. The molecule has 5 N–H and O–H groups in total. The monoisotopic (exact) mass is 534 g/mol. The highest BCUT2D eigenvalue weighted by Gasteiger charge is 2.44. The number of halogens is 3. The number of fused-ring (bicyclic) bond motifs is 1. The Morgan fingerprint density at radius 3 is 2.69 bits per heavy atom. The molecule has 3 aromatic rings. The lowest BCUT2D eigenvalue weighted by atomic mass is 10.1. The zero-order valence-corrected chi connectivity index (χ0v) is 19.8. The van der Waals surface area contributed by atoms with Crippen LogP contribution in [0.5, 0.6) is 0 Å². The summed E-state index contributed by atoms with van der Waals surface area (Å²) >= 11 is 6.10. The second-order valence-electron chi connectivity index (χ2n) is 8.04. The molecule has 5 atom stereocenters. The number of ether oxygens (including phenoxy) is 2. The standard InChI is InChI=1S/C20H22ClF2N4O7P/c1-9(11-3-2-10(22)6-13(11)23)24-17-12-4-5-27(18(12)26-20(21)25-17)19-16(29)15(28)14(34-19)7-33-8-35(30,31)32/h2-6,9,14-16,19,28-29H,7-8H2,1H3,(H,24,25,26)(H2,30,31,32)/t9-,14+,15+,16+,19+/m0/s1. The van der Waals surface area contributed by atoms with Crippen LogP contribution in [-0.2, 0) is 14.0 Å². The molecule has 15 heteroatoms. The van der Waals surface area contributed by atoms with Crippen LogP contribution in [0.15, 0.2) is 30.5 Å². The van der Waals surface area contributed by atoms with Crippen LogP contribution in [0.2, 0.25) is 5.28 Å². The minimum Gasteiger partial charge on any atom is -0.387 e. The number of aliphatic hydroxyl groups is 2. The fraction of sp³-hybridized carbons (Fsp3) is 0.400. The van der Waals surface area contributed by atoms with E-state index in [2.05, 4.69) is 15.3 Å². The minimum atomic E-state index is -4.41. The first-order valence-electron chi connectivity index (χ1n) is 10.3. The molecule has 0 amide bonds. The van der Waals surface area contributed by atoms with Crippen LogP contribution in [0.4, 0.5) is 14.6 Å². The van der Waals surface area contributed by atoms with Crippen LogP contribution in [0.3, 0.4) is 0 Å². The molecule has 2 aromatic heterocycles. The molecule has 0 saturated carbocycles. The fourth-order valence-corrected chi connectivity index (χ4v) is 4.35. The first kappa shape index (κ1) is 25.9. The number of benzene rings is 1. The van der Waals surface area contributed by atoms with Crippen LogP contribution in [0, 0.1) is 11.6 Å². The van der Waals surface area contributed by atoms with E-state index in [0.717, 1.165) is 12.1 Å². The van der Waals surface area contributed by atoms with Gasteiger partial charge in [-0.1, -0.05) is 6.07 Å². The number of aromatic nitrogens is 3. The third kappa shape index (κ3) is 5.63. The third-order valence-electron chi connectivity index (χ3n) is 5.48. The van der Waals surface area contributed by atoms with Crippen LogP contribution in [-0.4, -0.2) is 65.8 Å². The molecule has 0 aliphatic carbocycles. The summed E-state index contributed by atoms with van der Waals surface area (Å²) in [6.07, 6.45) is -4.38. The predicted molar refractivity (Wildman–Crippen MR) is 120 cm³/mol. The molecule has 1 aliphatic rings.